The number of aromatic nitrogens is 2. The van der Waals surface area contributed by atoms with Crippen molar-refractivity contribution in [1.82, 2.24) is 15.5 Å². The van der Waals surface area contributed by atoms with Crippen molar-refractivity contribution >= 4 is 39.8 Å². The van der Waals surface area contributed by atoms with Gasteiger partial charge >= 0.3 is 0 Å². The Labute approximate surface area is 154 Å². The molecule has 1 atom stereocenters. The van der Waals surface area contributed by atoms with Crippen LogP contribution in [0.2, 0.25) is 0 Å². The zero-order valence-electron chi connectivity index (χ0n) is 13.9. The molecule has 1 aromatic carbocycles. The van der Waals surface area contributed by atoms with Gasteiger partial charge in [0.2, 0.25) is 11.0 Å². The molecule has 0 radical (unpaired) electrons. The molecule has 6 nitrogen and oxygen atoms in total. The second-order valence-corrected chi connectivity index (χ2v) is 7.94. The molecule has 0 saturated heterocycles. The maximum absolute atomic E-state index is 12.2. The van der Waals surface area contributed by atoms with Gasteiger partial charge in [0.25, 0.3) is 0 Å². The SMILES string of the molecule is Cc1ccccc1Nc1nnc(S[C@@H](C)C(=O)NCc2ccco2)s1. The predicted molar refractivity (Wildman–Crippen MR) is 100 cm³/mol. The van der Waals surface area contributed by atoms with Gasteiger partial charge in [-0.05, 0) is 37.6 Å². The first-order valence-corrected chi connectivity index (χ1v) is 9.44. The molecule has 0 aliphatic heterocycles. The zero-order chi connectivity index (χ0) is 17.6. The van der Waals surface area contributed by atoms with E-state index in [0.717, 1.165) is 21.4 Å². The molecule has 1 amide bonds. The Morgan fingerprint density at radius 2 is 2.12 bits per heavy atom. The van der Waals surface area contributed by atoms with Gasteiger partial charge in [-0.25, -0.2) is 0 Å². The molecule has 3 rings (SSSR count). The first-order valence-electron chi connectivity index (χ1n) is 7.75. The Bertz CT molecular complexity index is 833. The van der Waals surface area contributed by atoms with Gasteiger partial charge in [-0.1, -0.05) is 41.3 Å². The highest BCUT2D eigenvalue weighted by molar-refractivity contribution is 8.02. The van der Waals surface area contributed by atoms with E-state index in [1.54, 1.807) is 12.3 Å². The summed E-state index contributed by atoms with van der Waals surface area (Å²) >= 11 is 2.82. The van der Waals surface area contributed by atoms with Crippen LogP contribution in [0.25, 0.3) is 0 Å². The molecule has 0 spiro atoms. The number of carbonyl (C=O) groups excluding carboxylic acids is 1. The summed E-state index contributed by atoms with van der Waals surface area (Å²) in [4.78, 5) is 12.2. The molecule has 0 fully saturated rings. The molecular weight excluding hydrogens is 356 g/mol. The average Bonchev–Trinajstić information content (AvgIpc) is 3.27. The Balaban J connectivity index is 1.53. The average molecular weight is 374 g/mol. The van der Waals surface area contributed by atoms with Crippen LogP contribution in [0.5, 0.6) is 0 Å². The van der Waals surface area contributed by atoms with Crippen LogP contribution in [0.15, 0.2) is 51.4 Å². The normalized spacial score (nSPS) is 11.9. The molecule has 130 valence electrons. The van der Waals surface area contributed by atoms with Crippen LogP contribution in [-0.2, 0) is 11.3 Å². The van der Waals surface area contributed by atoms with Crippen molar-refractivity contribution in [2.24, 2.45) is 0 Å². The first-order chi connectivity index (χ1) is 12.1. The van der Waals surface area contributed by atoms with E-state index in [1.165, 1.54) is 23.1 Å². The van der Waals surface area contributed by atoms with E-state index in [1.807, 2.05) is 44.2 Å². The molecule has 2 N–H and O–H groups in total. The zero-order valence-corrected chi connectivity index (χ0v) is 15.5. The number of furan rings is 1. The van der Waals surface area contributed by atoms with Gasteiger partial charge < -0.3 is 15.1 Å². The van der Waals surface area contributed by atoms with Gasteiger partial charge in [0.15, 0.2) is 4.34 Å². The third-order valence-electron chi connectivity index (χ3n) is 3.46. The Kier molecular flexibility index (Phi) is 5.72. The summed E-state index contributed by atoms with van der Waals surface area (Å²) < 4.78 is 5.95. The number of carbonyl (C=O) groups is 1. The Morgan fingerprint density at radius 3 is 2.88 bits per heavy atom. The molecule has 3 aromatic rings. The molecule has 25 heavy (non-hydrogen) atoms. The van der Waals surface area contributed by atoms with Crippen molar-refractivity contribution in [2.75, 3.05) is 5.32 Å². The van der Waals surface area contributed by atoms with Crippen molar-refractivity contribution < 1.29 is 9.21 Å². The number of amides is 1. The summed E-state index contributed by atoms with van der Waals surface area (Å²) in [6, 6.07) is 11.6. The Hall–Kier alpha value is -2.32. The number of benzene rings is 1. The fraction of sp³-hybridized carbons (Fsp3) is 0.235. The van der Waals surface area contributed by atoms with Gasteiger partial charge in [0, 0.05) is 5.69 Å². The summed E-state index contributed by atoms with van der Waals surface area (Å²) in [6.07, 6.45) is 1.59. The van der Waals surface area contributed by atoms with Gasteiger partial charge in [0.1, 0.15) is 5.76 Å². The lowest BCUT2D eigenvalue weighted by atomic mass is 10.2. The van der Waals surface area contributed by atoms with E-state index in [-0.39, 0.29) is 11.2 Å². The lowest BCUT2D eigenvalue weighted by Gasteiger charge is -2.09. The van der Waals surface area contributed by atoms with E-state index >= 15 is 0 Å². The second-order valence-electron chi connectivity index (χ2n) is 5.37. The van der Waals surface area contributed by atoms with Crippen molar-refractivity contribution in [3.05, 3.63) is 54.0 Å². The minimum absolute atomic E-state index is 0.0648. The quantitative estimate of drug-likeness (QED) is 0.609. The van der Waals surface area contributed by atoms with E-state index in [2.05, 4.69) is 20.8 Å². The second kappa shape index (κ2) is 8.17. The number of thioether (sulfide) groups is 1. The number of hydrogen-bond acceptors (Lipinski definition) is 7. The molecule has 0 aliphatic rings. The van der Waals surface area contributed by atoms with Crippen LogP contribution in [-0.4, -0.2) is 21.4 Å². The summed E-state index contributed by atoms with van der Waals surface area (Å²) in [7, 11) is 0. The predicted octanol–water partition coefficient (Wildman–Crippen LogP) is 3.98. The number of nitrogens with zero attached hydrogens (tertiary/aromatic N) is 2. The molecule has 8 heteroatoms. The lowest BCUT2D eigenvalue weighted by molar-refractivity contribution is -0.120. The highest BCUT2D eigenvalue weighted by atomic mass is 32.2. The van der Waals surface area contributed by atoms with Crippen LogP contribution in [0.4, 0.5) is 10.8 Å². The maximum atomic E-state index is 12.2. The number of rotatable bonds is 7. The standard InChI is InChI=1S/C17H18N4O2S2/c1-11-6-3-4-8-14(11)19-16-20-21-17(25-16)24-12(2)15(22)18-10-13-7-5-9-23-13/h3-9,12H,10H2,1-2H3,(H,18,22)(H,19,20)/t12-/m0/s1. The van der Waals surface area contributed by atoms with Gasteiger partial charge in [0.05, 0.1) is 18.1 Å². The monoisotopic (exact) mass is 374 g/mol. The van der Waals surface area contributed by atoms with Gasteiger partial charge in [-0.3, -0.25) is 4.79 Å². The molecule has 0 aliphatic carbocycles. The highest BCUT2D eigenvalue weighted by Gasteiger charge is 2.17. The molecule has 2 heterocycles. The fourth-order valence-electron chi connectivity index (χ4n) is 2.07. The van der Waals surface area contributed by atoms with Gasteiger partial charge in [-0.2, -0.15) is 0 Å². The third-order valence-corrected chi connectivity index (χ3v) is 5.48. The number of anilines is 2. The van der Waals surface area contributed by atoms with Gasteiger partial charge in [-0.15, -0.1) is 10.2 Å². The molecule has 0 unspecified atom stereocenters. The maximum Gasteiger partial charge on any atom is 0.233 e. The lowest BCUT2D eigenvalue weighted by Crippen LogP contribution is -2.30. The van der Waals surface area contributed by atoms with E-state index in [4.69, 9.17) is 4.42 Å². The molecular formula is C17H18N4O2S2. The number of nitrogens with one attached hydrogen (secondary N) is 2. The topological polar surface area (TPSA) is 80.0 Å². The van der Waals surface area contributed by atoms with Crippen LogP contribution >= 0.6 is 23.1 Å². The van der Waals surface area contributed by atoms with E-state index in [0.29, 0.717) is 11.7 Å². The smallest absolute Gasteiger partial charge is 0.233 e. The molecule has 0 saturated carbocycles. The summed E-state index contributed by atoms with van der Waals surface area (Å²) in [5, 5.41) is 14.8. The number of para-hydroxylation sites is 1. The van der Waals surface area contributed by atoms with E-state index in [9.17, 15) is 4.79 Å². The first kappa shape index (κ1) is 17.5. The van der Waals surface area contributed by atoms with Crippen LogP contribution in [0, 0.1) is 6.92 Å². The summed E-state index contributed by atoms with van der Waals surface area (Å²) in [6.45, 7) is 4.26. The minimum Gasteiger partial charge on any atom is -0.467 e. The Morgan fingerprint density at radius 1 is 1.28 bits per heavy atom. The molecule has 0 bridgehead atoms. The number of hydrogen-bond donors (Lipinski definition) is 2. The van der Waals surface area contributed by atoms with E-state index < -0.39 is 0 Å². The largest absolute Gasteiger partial charge is 0.467 e. The number of aryl methyl sites for hydroxylation is 1. The third kappa shape index (κ3) is 4.83. The van der Waals surface area contributed by atoms with Crippen molar-refractivity contribution in [3.63, 3.8) is 0 Å². The van der Waals surface area contributed by atoms with Crippen LogP contribution in [0.1, 0.15) is 18.2 Å². The summed E-state index contributed by atoms with van der Waals surface area (Å²) in [5.41, 5.74) is 2.14. The van der Waals surface area contributed by atoms with Crippen molar-refractivity contribution in [2.45, 2.75) is 30.0 Å². The molecule has 2 aromatic heterocycles. The minimum atomic E-state index is -0.269. The highest BCUT2D eigenvalue weighted by Crippen LogP contribution is 2.31. The van der Waals surface area contributed by atoms with Crippen LogP contribution < -0.4 is 10.6 Å². The van der Waals surface area contributed by atoms with Crippen LogP contribution in [0.3, 0.4) is 0 Å². The van der Waals surface area contributed by atoms with Crippen molar-refractivity contribution in [1.29, 1.82) is 0 Å². The van der Waals surface area contributed by atoms with Crippen molar-refractivity contribution in [3.8, 4) is 0 Å². The summed E-state index contributed by atoms with van der Waals surface area (Å²) in [5.74, 6) is 0.663. The fourth-order valence-corrected chi connectivity index (χ4v) is 4.00.